The number of rotatable bonds is 4. The maximum Gasteiger partial charge on any atom is 0.431 e. The van der Waals surface area contributed by atoms with Crippen LogP contribution < -0.4 is 16.0 Å². The lowest BCUT2D eigenvalue weighted by molar-refractivity contribution is -0.144. The van der Waals surface area contributed by atoms with Crippen LogP contribution in [-0.2, 0) is 19.8 Å². The normalized spacial score (nSPS) is 11.7. The van der Waals surface area contributed by atoms with Crippen molar-refractivity contribution in [1.29, 1.82) is 0 Å². The first-order valence-corrected chi connectivity index (χ1v) is 8.18. The summed E-state index contributed by atoms with van der Waals surface area (Å²) in [5.74, 6) is -0.857. The zero-order valence-electron chi connectivity index (χ0n) is 14.8. The summed E-state index contributed by atoms with van der Waals surface area (Å²) in [5, 5.41) is 3.34. The van der Waals surface area contributed by atoms with Crippen LogP contribution in [0.4, 0.5) is 17.6 Å². The lowest BCUT2D eigenvalue weighted by atomic mass is 10.2. The van der Waals surface area contributed by atoms with E-state index < -0.39 is 34.6 Å². The van der Waals surface area contributed by atoms with Gasteiger partial charge >= 0.3 is 11.9 Å². The molecule has 3 rings (SSSR count). The molecule has 0 radical (unpaired) electrons. The monoisotopic (exact) mass is 434 g/mol. The number of aromatic nitrogens is 4. The quantitative estimate of drug-likeness (QED) is 0.586. The van der Waals surface area contributed by atoms with E-state index in [1.54, 1.807) is 6.92 Å². The summed E-state index contributed by atoms with van der Waals surface area (Å²) in [6.45, 7) is 1.31. The van der Waals surface area contributed by atoms with Crippen molar-refractivity contribution in [3.8, 4) is 11.4 Å². The van der Waals surface area contributed by atoms with Gasteiger partial charge in [-0.2, -0.15) is 18.2 Å². The van der Waals surface area contributed by atoms with Gasteiger partial charge in [0.15, 0.2) is 12.4 Å². The van der Waals surface area contributed by atoms with Gasteiger partial charge in [-0.15, -0.1) is 0 Å². The first-order valence-electron chi connectivity index (χ1n) is 7.80. The molecule has 0 unspecified atom stereocenters. The van der Waals surface area contributed by atoms with Crippen LogP contribution in [0.2, 0.25) is 5.02 Å². The van der Waals surface area contributed by atoms with Gasteiger partial charge in [0, 0.05) is 19.2 Å². The van der Waals surface area contributed by atoms with E-state index in [2.05, 4.69) is 10.1 Å². The van der Waals surface area contributed by atoms with Crippen LogP contribution >= 0.6 is 11.6 Å². The second-order valence-corrected chi connectivity index (χ2v) is 6.21. The summed E-state index contributed by atoms with van der Waals surface area (Å²) in [6.07, 6.45) is -4.94. The van der Waals surface area contributed by atoms with Gasteiger partial charge in [-0.05, 0) is 13.0 Å². The predicted molar refractivity (Wildman–Crippen MR) is 90.6 cm³/mol. The van der Waals surface area contributed by atoms with Gasteiger partial charge < -0.3 is 9.26 Å². The van der Waals surface area contributed by atoms with Gasteiger partial charge in [-0.3, -0.25) is 9.36 Å². The molecule has 0 amide bonds. The number of alkyl halides is 3. The van der Waals surface area contributed by atoms with Crippen LogP contribution in [0.25, 0.3) is 5.69 Å². The van der Waals surface area contributed by atoms with Crippen molar-refractivity contribution in [2.75, 3.05) is 0 Å². The molecule has 154 valence electrons. The Kier molecular flexibility index (Phi) is 5.22. The van der Waals surface area contributed by atoms with Gasteiger partial charge in [0.25, 0.3) is 11.4 Å². The maximum atomic E-state index is 14.4. The highest BCUT2D eigenvalue weighted by Crippen LogP contribution is 2.30. The van der Waals surface area contributed by atoms with Gasteiger partial charge in [0.05, 0.1) is 10.7 Å². The maximum absolute atomic E-state index is 14.4. The van der Waals surface area contributed by atoms with Crippen molar-refractivity contribution >= 4 is 11.6 Å². The second-order valence-electron chi connectivity index (χ2n) is 5.80. The van der Waals surface area contributed by atoms with Crippen molar-refractivity contribution in [1.82, 2.24) is 19.3 Å². The number of hydrogen-bond donors (Lipinski definition) is 0. The van der Waals surface area contributed by atoms with E-state index in [4.69, 9.17) is 20.9 Å². The molecule has 13 heteroatoms. The molecule has 0 aliphatic rings. The molecule has 0 bridgehead atoms. The van der Waals surface area contributed by atoms with Gasteiger partial charge in [-0.1, -0.05) is 16.8 Å². The van der Waals surface area contributed by atoms with E-state index in [1.165, 1.54) is 0 Å². The van der Waals surface area contributed by atoms with Crippen molar-refractivity contribution < 1.29 is 26.8 Å². The highest BCUT2D eigenvalue weighted by atomic mass is 35.5. The Morgan fingerprint density at radius 1 is 1.24 bits per heavy atom. The Hall–Kier alpha value is -3.15. The Balaban J connectivity index is 2.08. The molecule has 0 aliphatic heterocycles. The third-order valence-corrected chi connectivity index (χ3v) is 4.07. The van der Waals surface area contributed by atoms with E-state index in [1.807, 2.05) is 0 Å². The molecule has 29 heavy (non-hydrogen) atoms. The minimum atomic E-state index is -4.94. The summed E-state index contributed by atoms with van der Waals surface area (Å²) in [5.41, 5.74) is -4.88. The average molecular weight is 435 g/mol. The molecule has 0 fully saturated rings. The van der Waals surface area contributed by atoms with Crippen LogP contribution in [0.1, 0.15) is 17.4 Å². The SMILES string of the molecule is Cc1noc(COc2cc(-n3c(=O)cc(C(F)(F)F)n(C)c3=O)c(F)cc2Cl)n1. The smallest absolute Gasteiger partial charge is 0.431 e. The summed E-state index contributed by atoms with van der Waals surface area (Å²) in [7, 11) is 0.810. The van der Waals surface area contributed by atoms with Crippen LogP contribution in [0, 0.1) is 12.7 Å². The number of aryl methyl sites for hydroxylation is 1. The minimum Gasteiger partial charge on any atom is -0.482 e. The fourth-order valence-electron chi connectivity index (χ4n) is 2.46. The number of halogens is 5. The molecule has 0 aliphatic carbocycles. The third kappa shape index (κ3) is 4.01. The van der Waals surface area contributed by atoms with Crippen molar-refractivity contribution in [3.63, 3.8) is 0 Å². The number of ether oxygens (including phenoxy) is 1. The predicted octanol–water partition coefficient (Wildman–Crippen LogP) is 2.62. The first kappa shape index (κ1) is 20.6. The molecule has 0 saturated heterocycles. The number of nitrogens with zero attached hydrogens (tertiary/aromatic N) is 4. The summed E-state index contributed by atoms with van der Waals surface area (Å²) < 4.78 is 63.9. The first-order chi connectivity index (χ1) is 13.5. The van der Waals surface area contributed by atoms with Crippen molar-refractivity contribution in [3.05, 3.63) is 67.3 Å². The zero-order valence-corrected chi connectivity index (χ0v) is 15.5. The van der Waals surface area contributed by atoms with E-state index in [9.17, 15) is 27.2 Å². The van der Waals surface area contributed by atoms with Gasteiger partial charge in [-0.25, -0.2) is 13.8 Å². The van der Waals surface area contributed by atoms with Crippen LogP contribution in [0.3, 0.4) is 0 Å². The summed E-state index contributed by atoms with van der Waals surface area (Å²) in [6, 6.07) is 1.86. The highest BCUT2D eigenvalue weighted by Gasteiger charge is 2.35. The lowest BCUT2D eigenvalue weighted by Crippen LogP contribution is -2.41. The van der Waals surface area contributed by atoms with Crippen LogP contribution in [0.15, 0.2) is 32.3 Å². The fourth-order valence-corrected chi connectivity index (χ4v) is 2.66. The molecule has 8 nitrogen and oxygen atoms in total. The Morgan fingerprint density at radius 3 is 2.52 bits per heavy atom. The number of benzene rings is 1. The van der Waals surface area contributed by atoms with E-state index >= 15 is 0 Å². The molecule has 0 N–H and O–H groups in total. The van der Waals surface area contributed by atoms with E-state index in [0.717, 1.165) is 19.2 Å². The van der Waals surface area contributed by atoms with Gasteiger partial charge in [0.2, 0.25) is 0 Å². The van der Waals surface area contributed by atoms with Crippen molar-refractivity contribution in [2.24, 2.45) is 7.05 Å². The Morgan fingerprint density at radius 2 is 1.93 bits per heavy atom. The molecule has 2 heterocycles. The molecule has 0 atom stereocenters. The fraction of sp³-hybridized carbons (Fsp3) is 0.250. The molecular weight excluding hydrogens is 424 g/mol. The second kappa shape index (κ2) is 7.35. The van der Waals surface area contributed by atoms with Crippen molar-refractivity contribution in [2.45, 2.75) is 19.7 Å². The Bertz CT molecular complexity index is 1200. The molecule has 2 aromatic heterocycles. The molecular formula is C16H11ClF4N4O4. The molecule has 1 aromatic carbocycles. The molecule has 0 saturated carbocycles. The Labute approximate surface area is 163 Å². The van der Waals surface area contributed by atoms with Gasteiger partial charge in [0.1, 0.15) is 17.3 Å². The highest BCUT2D eigenvalue weighted by molar-refractivity contribution is 6.32. The summed E-state index contributed by atoms with van der Waals surface area (Å²) in [4.78, 5) is 28.4. The average Bonchev–Trinajstić information content (AvgIpc) is 3.03. The number of hydrogen-bond acceptors (Lipinski definition) is 6. The summed E-state index contributed by atoms with van der Waals surface area (Å²) >= 11 is 5.91. The zero-order chi connectivity index (χ0) is 21.5. The lowest BCUT2D eigenvalue weighted by Gasteiger charge is -2.15. The van der Waals surface area contributed by atoms with Crippen LogP contribution in [0.5, 0.6) is 5.75 Å². The van der Waals surface area contributed by atoms with Crippen LogP contribution in [-0.4, -0.2) is 19.3 Å². The van der Waals surface area contributed by atoms with E-state index in [-0.39, 0.29) is 38.5 Å². The minimum absolute atomic E-state index is 0.0760. The molecule has 0 spiro atoms. The largest absolute Gasteiger partial charge is 0.482 e. The standard InChI is InChI=1S/C16H11ClF4N4O4/c1-7-22-13(29-23-7)6-28-11-4-10(9(18)3-8(11)17)25-14(26)5-12(16(19,20)21)24(2)15(25)27/h3-5H,6H2,1-2H3. The topological polar surface area (TPSA) is 92.2 Å². The van der Waals surface area contributed by atoms with E-state index in [0.29, 0.717) is 5.82 Å². The third-order valence-electron chi connectivity index (χ3n) is 3.77. The molecule has 3 aromatic rings.